The number of rotatable bonds is 3. The third-order valence-electron chi connectivity index (χ3n) is 5.26. The first-order valence-corrected chi connectivity index (χ1v) is 9.73. The average molecular weight is 362 g/mol. The van der Waals surface area contributed by atoms with Crippen LogP contribution in [-0.4, -0.2) is 22.1 Å². The number of ether oxygens (including phenoxy) is 1. The van der Waals surface area contributed by atoms with Crippen molar-refractivity contribution in [3.63, 3.8) is 0 Å². The largest absolute Gasteiger partial charge is 0.464 e. The minimum absolute atomic E-state index is 0.128. The minimum atomic E-state index is -0.661. The molecular weight excluding hydrogens is 336 g/mol. The Balaban J connectivity index is 2.04. The molecule has 0 saturated heterocycles. The van der Waals surface area contributed by atoms with Gasteiger partial charge in [-0.2, -0.15) is 0 Å². The summed E-state index contributed by atoms with van der Waals surface area (Å²) in [4.78, 5) is 31.6. The van der Waals surface area contributed by atoms with Crippen molar-refractivity contribution >= 4 is 27.5 Å². The smallest absolute Gasteiger partial charge is 0.328 e. The van der Waals surface area contributed by atoms with Crippen LogP contribution in [0.3, 0.4) is 0 Å². The predicted molar refractivity (Wildman–Crippen MR) is 100 cm³/mol. The molecule has 136 valence electrons. The molecule has 1 aliphatic carbocycles. The fourth-order valence-corrected chi connectivity index (χ4v) is 4.83. The first-order valence-electron chi connectivity index (χ1n) is 8.92. The van der Waals surface area contributed by atoms with E-state index in [1.807, 2.05) is 0 Å². The van der Waals surface area contributed by atoms with E-state index in [0.717, 1.165) is 29.7 Å². The third kappa shape index (κ3) is 3.24. The molecule has 0 saturated carbocycles. The normalized spacial score (nSPS) is 18.8. The summed E-state index contributed by atoms with van der Waals surface area (Å²) in [5.74, 6) is 0.219. The Morgan fingerprint density at radius 2 is 2.20 bits per heavy atom. The van der Waals surface area contributed by atoms with Crippen molar-refractivity contribution in [2.75, 3.05) is 6.61 Å². The lowest BCUT2D eigenvalue weighted by atomic mass is 9.72. The second-order valence-corrected chi connectivity index (χ2v) is 8.96. The first-order chi connectivity index (χ1) is 11.7. The average Bonchev–Trinajstić information content (AvgIpc) is 2.92. The van der Waals surface area contributed by atoms with Crippen LogP contribution in [0.5, 0.6) is 0 Å². The summed E-state index contributed by atoms with van der Waals surface area (Å²) in [6.45, 7) is 10.6. The van der Waals surface area contributed by atoms with Crippen molar-refractivity contribution < 1.29 is 9.53 Å². The topological polar surface area (TPSA) is 61.2 Å². The van der Waals surface area contributed by atoms with Crippen molar-refractivity contribution in [1.29, 1.82) is 0 Å². The van der Waals surface area contributed by atoms with Crippen LogP contribution in [0.1, 0.15) is 57.5 Å². The number of hydrogen-bond acceptors (Lipinski definition) is 5. The van der Waals surface area contributed by atoms with Gasteiger partial charge >= 0.3 is 5.97 Å². The zero-order valence-electron chi connectivity index (χ0n) is 15.6. The van der Waals surface area contributed by atoms with Crippen molar-refractivity contribution in [1.82, 2.24) is 9.55 Å². The Morgan fingerprint density at radius 3 is 2.84 bits per heavy atom. The summed E-state index contributed by atoms with van der Waals surface area (Å²) in [5, 5.41) is 0.700. The number of fused-ring (bicyclic) bond motifs is 3. The Kier molecular flexibility index (Phi) is 4.75. The Hall–Kier alpha value is -1.69. The number of nitrogens with zero attached hydrogens (tertiary/aromatic N) is 2. The molecule has 3 rings (SSSR count). The molecular formula is C19H26N2O3S. The molecule has 0 aromatic carbocycles. The van der Waals surface area contributed by atoms with E-state index in [1.165, 1.54) is 15.8 Å². The van der Waals surface area contributed by atoms with Crippen molar-refractivity contribution in [2.45, 2.75) is 59.9 Å². The van der Waals surface area contributed by atoms with Crippen molar-refractivity contribution in [2.24, 2.45) is 11.3 Å². The maximum atomic E-state index is 13.0. The molecule has 0 unspecified atom stereocenters. The van der Waals surface area contributed by atoms with Crippen LogP contribution in [0, 0.1) is 11.3 Å². The Labute approximate surface area is 152 Å². The molecule has 0 radical (unpaired) electrons. The number of aromatic nitrogens is 2. The maximum absolute atomic E-state index is 13.0. The molecule has 0 bridgehead atoms. The SMILES string of the molecule is CCOC(=O)[C@@H](C)n1cnc2sc3c(c2c1=O)CC[C@@H](C(C)(C)C)C3. The number of thiophene rings is 1. The molecule has 2 aromatic rings. The van der Waals surface area contributed by atoms with Crippen LogP contribution in [0.15, 0.2) is 11.1 Å². The number of hydrogen-bond donors (Lipinski definition) is 0. The lowest BCUT2D eigenvalue weighted by molar-refractivity contribution is -0.146. The minimum Gasteiger partial charge on any atom is -0.464 e. The molecule has 1 aliphatic rings. The molecule has 0 fully saturated rings. The van der Waals surface area contributed by atoms with Gasteiger partial charge in [-0.15, -0.1) is 11.3 Å². The van der Waals surface area contributed by atoms with Crippen molar-refractivity contribution in [3.05, 3.63) is 27.1 Å². The highest BCUT2D eigenvalue weighted by molar-refractivity contribution is 7.18. The maximum Gasteiger partial charge on any atom is 0.328 e. The summed E-state index contributed by atoms with van der Waals surface area (Å²) < 4.78 is 6.45. The highest BCUT2D eigenvalue weighted by Gasteiger charge is 2.32. The number of esters is 1. The van der Waals surface area contributed by atoms with Crippen LogP contribution in [-0.2, 0) is 22.4 Å². The first kappa shape index (κ1) is 18.1. The fraction of sp³-hybridized carbons (Fsp3) is 0.632. The van der Waals surface area contributed by atoms with E-state index in [9.17, 15) is 9.59 Å². The van der Waals surface area contributed by atoms with Crippen LogP contribution in [0.2, 0.25) is 0 Å². The summed E-state index contributed by atoms with van der Waals surface area (Å²) in [6.07, 6.45) is 4.48. The van der Waals surface area contributed by atoms with E-state index in [0.29, 0.717) is 17.9 Å². The summed E-state index contributed by atoms with van der Waals surface area (Å²) in [6, 6.07) is -0.661. The summed E-state index contributed by atoms with van der Waals surface area (Å²) in [7, 11) is 0. The van der Waals surface area contributed by atoms with Gasteiger partial charge < -0.3 is 4.74 Å². The van der Waals surface area contributed by atoms with E-state index in [4.69, 9.17) is 4.74 Å². The van der Waals surface area contributed by atoms with Gasteiger partial charge in [0.1, 0.15) is 10.9 Å². The Bertz CT molecular complexity index is 860. The molecule has 2 heterocycles. The van der Waals surface area contributed by atoms with Gasteiger partial charge in [0.2, 0.25) is 0 Å². The van der Waals surface area contributed by atoms with E-state index in [-0.39, 0.29) is 11.0 Å². The fourth-order valence-electron chi connectivity index (χ4n) is 3.57. The van der Waals surface area contributed by atoms with Crippen LogP contribution in [0.4, 0.5) is 0 Å². The van der Waals surface area contributed by atoms with E-state index in [2.05, 4.69) is 25.8 Å². The van der Waals surface area contributed by atoms with Gasteiger partial charge in [-0.3, -0.25) is 9.36 Å². The predicted octanol–water partition coefficient (Wildman–Crippen LogP) is 3.73. The van der Waals surface area contributed by atoms with Gasteiger partial charge in [-0.05, 0) is 50.0 Å². The highest BCUT2D eigenvalue weighted by atomic mass is 32.1. The standard InChI is InChI=1S/C19H26N2O3S/c1-6-24-18(23)11(2)21-10-20-16-15(17(21)22)13-8-7-12(19(3,4)5)9-14(13)25-16/h10-12H,6-9H2,1-5H3/t11-,12-/m1/s1. The zero-order chi connectivity index (χ0) is 18.4. The lowest BCUT2D eigenvalue weighted by Crippen LogP contribution is -2.30. The second kappa shape index (κ2) is 6.56. The highest BCUT2D eigenvalue weighted by Crippen LogP contribution is 2.41. The quantitative estimate of drug-likeness (QED) is 0.781. The van der Waals surface area contributed by atoms with Gasteiger partial charge in [-0.25, -0.2) is 9.78 Å². The van der Waals surface area contributed by atoms with Gasteiger partial charge in [0.25, 0.3) is 5.56 Å². The number of aryl methyl sites for hydroxylation is 1. The molecule has 0 N–H and O–H groups in total. The monoisotopic (exact) mass is 362 g/mol. The van der Waals surface area contributed by atoms with Gasteiger partial charge in [0.15, 0.2) is 0 Å². The van der Waals surface area contributed by atoms with Gasteiger partial charge in [0.05, 0.1) is 18.3 Å². The summed E-state index contributed by atoms with van der Waals surface area (Å²) >= 11 is 1.63. The molecule has 5 nitrogen and oxygen atoms in total. The van der Waals surface area contributed by atoms with Crippen molar-refractivity contribution in [3.8, 4) is 0 Å². The lowest BCUT2D eigenvalue weighted by Gasteiger charge is -2.33. The molecule has 2 aromatic heterocycles. The van der Waals surface area contributed by atoms with Crippen LogP contribution in [0.25, 0.3) is 10.2 Å². The van der Waals surface area contributed by atoms with Gasteiger partial charge in [-0.1, -0.05) is 20.8 Å². The molecule has 2 atom stereocenters. The second-order valence-electron chi connectivity index (χ2n) is 7.87. The number of carbonyl (C=O) groups excluding carboxylic acids is 1. The zero-order valence-corrected chi connectivity index (χ0v) is 16.4. The van der Waals surface area contributed by atoms with Gasteiger partial charge in [0, 0.05) is 4.88 Å². The van der Waals surface area contributed by atoms with E-state index < -0.39 is 12.0 Å². The third-order valence-corrected chi connectivity index (χ3v) is 6.43. The van der Waals surface area contributed by atoms with E-state index in [1.54, 1.807) is 25.2 Å². The molecule has 0 spiro atoms. The molecule has 0 amide bonds. The molecule has 25 heavy (non-hydrogen) atoms. The van der Waals surface area contributed by atoms with Crippen LogP contribution >= 0.6 is 11.3 Å². The Morgan fingerprint density at radius 1 is 1.48 bits per heavy atom. The number of carbonyl (C=O) groups is 1. The van der Waals surface area contributed by atoms with E-state index >= 15 is 0 Å². The molecule has 0 aliphatic heterocycles. The summed E-state index contributed by atoms with van der Waals surface area (Å²) in [5.41, 5.74) is 1.28. The van der Waals surface area contributed by atoms with Crippen LogP contribution < -0.4 is 5.56 Å². The molecule has 6 heteroatoms.